The Labute approximate surface area is 172 Å². The van der Waals surface area contributed by atoms with Crippen LogP contribution in [0.5, 0.6) is 11.5 Å². The van der Waals surface area contributed by atoms with Crippen molar-refractivity contribution < 1.29 is 22.6 Å². The zero-order chi connectivity index (χ0) is 20.9. The molecule has 0 aliphatic carbocycles. The van der Waals surface area contributed by atoms with Gasteiger partial charge in [-0.15, -0.1) is 0 Å². The molecule has 0 aromatic heterocycles. The van der Waals surface area contributed by atoms with E-state index < -0.39 is 10.2 Å². The fourth-order valence-electron chi connectivity index (χ4n) is 3.27. The summed E-state index contributed by atoms with van der Waals surface area (Å²) in [5.41, 5.74) is 1.84. The number of hydrogen-bond acceptors (Lipinski definition) is 5. The Balaban J connectivity index is 1.62. The molecule has 1 aliphatic rings. The molecule has 1 N–H and O–H groups in total. The Morgan fingerprint density at radius 3 is 2.38 bits per heavy atom. The smallest absolute Gasteiger partial charge is 0.279 e. The number of methoxy groups -OCH3 is 1. The van der Waals surface area contributed by atoms with Crippen LogP contribution < -0.4 is 14.2 Å². The van der Waals surface area contributed by atoms with Crippen molar-refractivity contribution >= 4 is 10.2 Å². The second-order valence-corrected chi connectivity index (χ2v) is 8.92. The first-order chi connectivity index (χ1) is 13.9. The average molecular weight is 421 g/mol. The van der Waals surface area contributed by atoms with Gasteiger partial charge in [-0.05, 0) is 37.1 Å². The molecule has 1 saturated heterocycles. The minimum atomic E-state index is -3.59. The molecule has 0 radical (unpaired) electrons. The Bertz CT molecular complexity index is 895. The molecule has 2 unspecified atom stereocenters. The minimum Gasteiger partial charge on any atom is -0.493 e. The van der Waals surface area contributed by atoms with Crippen LogP contribution >= 0.6 is 0 Å². The lowest BCUT2D eigenvalue weighted by molar-refractivity contribution is -0.0444. The summed E-state index contributed by atoms with van der Waals surface area (Å²) in [5.74, 6) is 1.17. The van der Waals surface area contributed by atoms with Crippen LogP contribution in [-0.4, -0.2) is 45.1 Å². The molecule has 8 heteroatoms. The van der Waals surface area contributed by atoms with Crippen LogP contribution in [0.15, 0.2) is 48.5 Å². The van der Waals surface area contributed by atoms with Gasteiger partial charge in [0.1, 0.15) is 6.61 Å². The first-order valence-corrected chi connectivity index (χ1v) is 11.0. The van der Waals surface area contributed by atoms with Crippen LogP contribution in [0.3, 0.4) is 0 Å². The molecule has 3 rings (SSSR count). The van der Waals surface area contributed by atoms with Crippen molar-refractivity contribution in [1.29, 1.82) is 0 Å². The van der Waals surface area contributed by atoms with E-state index in [0.29, 0.717) is 31.2 Å². The molecule has 0 spiro atoms. The van der Waals surface area contributed by atoms with Gasteiger partial charge in [0.2, 0.25) is 0 Å². The third-order valence-corrected chi connectivity index (χ3v) is 6.14. The molecule has 1 fully saturated rings. The molecular weight excluding hydrogens is 392 g/mol. The van der Waals surface area contributed by atoms with Crippen molar-refractivity contribution in [3.05, 3.63) is 59.7 Å². The van der Waals surface area contributed by atoms with Crippen molar-refractivity contribution in [2.75, 3.05) is 20.2 Å². The second kappa shape index (κ2) is 9.58. The largest absolute Gasteiger partial charge is 0.493 e. The average Bonchev–Trinajstić information content (AvgIpc) is 2.71. The van der Waals surface area contributed by atoms with Crippen LogP contribution in [0.4, 0.5) is 0 Å². The van der Waals surface area contributed by atoms with Gasteiger partial charge in [-0.1, -0.05) is 36.4 Å². The first-order valence-electron chi connectivity index (χ1n) is 9.61. The fourth-order valence-corrected chi connectivity index (χ4v) is 4.61. The van der Waals surface area contributed by atoms with E-state index in [9.17, 15) is 8.42 Å². The molecule has 29 heavy (non-hydrogen) atoms. The van der Waals surface area contributed by atoms with Gasteiger partial charge in [-0.2, -0.15) is 17.4 Å². The Morgan fingerprint density at radius 2 is 1.72 bits per heavy atom. The van der Waals surface area contributed by atoms with E-state index in [1.54, 1.807) is 19.2 Å². The number of benzene rings is 2. The third kappa shape index (κ3) is 5.93. The first kappa shape index (κ1) is 21.6. The van der Waals surface area contributed by atoms with Gasteiger partial charge in [0.05, 0.1) is 19.3 Å². The maximum absolute atomic E-state index is 12.6. The molecule has 7 nitrogen and oxygen atoms in total. The monoisotopic (exact) mass is 420 g/mol. The van der Waals surface area contributed by atoms with Crippen molar-refractivity contribution in [2.45, 2.75) is 39.2 Å². The molecule has 0 bridgehead atoms. The highest BCUT2D eigenvalue weighted by Gasteiger charge is 2.30. The number of nitrogens with zero attached hydrogens (tertiary/aromatic N) is 1. The number of hydrogen-bond donors (Lipinski definition) is 1. The third-order valence-electron chi connectivity index (χ3n) is 4.65. The molecule has 1 heterocycles. The number of nitrogens with one attached hydrogen (secondary N) is 1. The van der Waals surface area contributed by atoms with Crippen LogP contribution in [0.25, 0.3) is 0 Å². The van der Waals surface area contributed by atoms with Crippen molar-refractivity contribution in [3.8, 4) is 11.5 Å². The Kier molecular flexibility index (Phi) is 7.13. The highest BCUT2D eigenvalue weighted by atomic mass is 32.2. The fraction of sp³-hybridized carbons (Fsp3) is 0.429. The number of morpholine rings is 1. The second-order valence-electron chi connectivity index (χ2n) is 7.16. The van der Waals surface area contributed by atoms with Gasteiger partial charge in [0, 0.05) is 19.6 Å². The molecule has 1 aliphatic heterocycles. The van der Waals surface area contributed by atoms with Crippen molar-refractivity contribution in [2.24, 2.45) is 0 Å². The molecule has 0 amide bonds. The molecule has 2 aromatic carbocycles. The number of ether oxygens (including phenoxy) is 3. The summed E-state index contributed by atoms with van der Waals surface area (Å²) >= 11 is 0. The van der Waals surface area contributed by atoms with Gasteiger partial charge in [-0.25, -0.2) is 0 Å². The topological polar surface area (TPSA) is 77.1 Å². The van der Waals surface area contributed by atoms with E-state index in [2.05, 4.69) is 4.72 Å². The standard InChI is InChI=1S/C21H28N2O5S/c1-16-13-23(14-17(2)28-16)29(24,25)22-12-19-9-10-20(21(11-19)26-3)27-15-18-7-5-4-6-8-18/h4-11,16-17,22H,12-15H2,1-3H3. The normalized spacial score (nSPS) is 20.4. The van der Waals surface area contributed by atoms with Crippen molar-refractivity contribution in [1.82, 2.24) is 9.03 Å². The summed E-state index contributed by atoms with van der Waals surface area (Å²) in [5, 5.41) is 0. The van der Waals surface area contributed by atoms with Gasteiger partial charge >= 0.3 is 0 Å². The van der Waals surface area contributed by atoms with E-state index in [-0.39, 0.29) is 18.8 Å². The number of rotatable bonds is 8. The van der Waals surface area contributed by atoms with E-state index in [1.807, 2.05) is 50.2 Å². The van der Waals surface area contributed by atoms with E-state index in [0.717, 1.165) is 11.1 Å². The predicted octanol–water partition coefficient (Wildman–Crippen LogP) is 2.72. The van der Waals surface area contributed by atoms with E-state index in [1.165, 1.54) is 4.31 Å². The summed E-state index contributed by atoms with van der Waals surface area (Å²) < 4.78 is 46.2. The van der Waals surface area contributed by atoms with Crippen LogP contribution in [0.1, 0.15) is 25.0 Å². The SMILES string of the molecule is COc1cc(CNS(=O)(=O)N2CC(C)OC(C)C2)ccc1OCc1ccccc1. The summed E-state index contributed by atoms with van der Waals surface area (Å²) in [6.07, 6.45) is -0.257. The highest BCUT2D eigenvalue weighted by Crippen LogP contribution is 2.29. The van der Waals surface area contributed by atoms with Gasteiger partial charge in [0.15, 0.2) is 11.5 Å². The quantitative estimate of drug-likeness (QED) is 0.711. The maximum Gasteiger partial charge on any atom is 0.279 e. The van der Waals surface area contributed by atoms with Gasteiger partial charge < -0.3 is 14.2 Å². The zero-order valence-corrected chi connectivity index (χ0v) is 17.8. The van der Waals surface area contributed by atoms with E-state index in [4.69, 9.17) is 14.2 Å². The lowest BCUT2D eigenvalue weighted by atomic mass is 10.2. The van der Waals surface area contributed by atoms with Crippen LogP contribution in [0.2, 0.25) is 0 Å². The lowest BCUT2D eigenvalue weighted by Gasteiger charge is -2.34. The van der Waals surface area contributed by atoms with Crippen molar-refractivity contribution in [3.63, 3.8) is 0 Å². The predicted molar refractivity (Wildman–Crippen MR) is 111 cm³/mol. The maximum atomic E-state index is 12.6. The molecule has 0 saturated carbocycles. The minimum absolute atomic E-state index is 0.128. The van der Waals surface area contributed by atoms with E-state index >= 15 is 0 Å². The summed E-state index contributed by atoms with van der Waals surface area (Å²) in [6, 6.07) is 15.3. The van der Waals surface area contributed by atoms with Gasteiger partial charge in [0.25, 0.3) is 10.2 Å². The van der Waals surface area contributed by atoms with Crippen LogP contribution in [-0.2, 0) is 28.1 Å². The van der Waals surface area contributed by atoms with Gasteiger partial charge in [-0.3, -0.25) is 0 Å². The zero-order valence-electron chi connectivity index (χ0n) is 17.0. The Hall–Kier alpha value is -2.13. The Morgan fingerprint density at radius 1 is 1.03 bits per heavy atom. The van der Waals surface area contributed by atoms with Crippen LogP contribution in [0, 0.1) is 0 Å². The summed E-state index contributed by atoms with van der Waals surface area (Å²) in [6.45, 7) is 5.02. The highest BCUT2D eigenvalue weighted by molar-refractivity contribution is 7.87. The molecular formula is C21H28N2O5S. The molecule has 2 atom stereocenters. The molecule has 158 valence electrons. The molecule has 2 aromatic rings. The lowest BCUT2D eigenvalue weighted by Crippen LogP contribution is -2.51. The summed E-state index contributed by atoms with van der Waals surface area (Å²) in [4.78, 5) is 0. The summed E-state index contributed by atoms with van der Waals surface area (Å²) in [7, 11) is -2.03.